The second-order valence-electron chi connectivity index (χ2n) is 5.71. The van der Waals surface area contributed by atoms with Crippen LogP contribution < -0.4 is 5.32 Å². The van der Waals surface area contributed by atoms with Crippen molar-refractivity contribution in [2.45, 2.75) is 32.2 Å². The lowest BCUT2D eigenvalue weighted by molar-refractivity contribution is -0.139. The van der Waals surface area contributed by atoms with Crippen molar-refractivity contribution < 1.29 is 14.7 Å². The van der Waals surface area contributed by atoms with E-state index < -0.39 is 17.9 Å². The number of hydrogen-bond acceptors (Lipinski definition) is 3. The van der Waals surface area contributed by atoms with E-state index in [1.165, 1.54) is 0 Å². The summed E-state index contributed by atoms with van der Waals surface area (Å²) in [4.78, 5) is 23.7. The van der Waals surface area contributed by atoms with Gasteiger partial charge in [0.15, 0.2) is 0 Å². The average molecular weight is 370 g/mol. The van der Waals surface area contributed by atoms with Crippen molar-refractivity contribution in [1.82, 2.24) is 15.5 Å². The molecule has 0 aliphatic carbocycles. The maximum atomic E-state index is 12.2. The van der Waals surface area contributed by atoms with E-state index >= 15 is 0 Å². The van der Waals surface area contributed by atoms with Gasteiger partial charge in [0.25, 0.3) is 5.91 Å². The minimum absolute atomic E-state index is 0.0583. The van der Waals surface area contributed by atoms with Crippen molar-refractivity contribution in [2.24, 2.45) is 0 Å². The average Bonchev–Trinajstić information content (AvgIpc) is 2.95. The highest BCUT2D eigenvalue weighted by atomic mass is 35.5. The van der Waals surface area contributed by atoms with Gasteiger partial charge in [-0.05, 0) is 35.7 Å². The number of amides is 1. The van der Waals surface area contributed by atoms with E-state index in [0.29, 0.717) is 15.6 Å². The number of rotatable bonds is 6. The summed E-state index contributed by atoms with van der Waals surface area (Å²) in [5.74, 6) is -1.53. The van der Waals surface area contributed by atoms with Gasteiger partial charge in [-0.15, -0.1) is 0 Å². The van der Waals surface area contributed by atoms with Crippen molar-refractivity contribution in [3.63, 3.8) is 0 Å². The number of nitrogens with zero attached hydrogens (tertiary/aromatic N) is 1. The lowest BCUT2D eigenvalue weighted by Gasteiger charge is -2.14. The predicted molar refractivity (Wildman–Crippen MR) is 91.7 cm³/mol. The van der Waals surface area contributed by atoms with Crippen molar-refractivity contribution in [3.05, 3.63) is 51.3 Å². The molecule has 0 aliphatic rings. The number of hydrogen-bond donors (Lipinski definition) is 3. The number of benzene rings is 1. The van der Waals surface area contributed by atoms with Crippen LogP contribution in [0.2, 0.25) is 10.0 Å². The van der Waals surface area contributed by atoms with E-state index in [4.69, 9.17) is 23.2 Å². The summed E-state index contributed by atoms with van der Waals surface area (Å²) in [5.41, 5.74) is 1.56. The lowest BCUT2D eigenvalue weighted by Crippen LogP contribution is -2.42. The standard InChI is InChI=1S/C16H17Cl2N3O3/c1-8(2)12-7-13(21-20-12)15(22)19-14(16(23)24)5-9-3-10(17)6-11(18)4-9/h3-4,6-8,14H,5H2,1-2H3,(H,19,22)(H,20,21)(H,23,24). The minimum atomic E-state index is -1.15. The van der Waals surface area contributed by atoms with Gasteiger partial charge < -0.3 is 10.4 Å². The molecule has 6 nitrogen and oxygen atoms in total. The molecule has 0 radical (unpaired) electrons. The molecule has 1 unspecified atom stereocenters. The highest BCUT2D eigenvalue weighted by Crippen LogP contribution is 2.20. The van der Waals surface area contributed by atoms with Gasteiger partial charge in [0.2, 0.25) is 0 Å². The Morgan fingerprint density at radius 2 is 1.83 bits per heavy atom. The van der Waals surface area contributed by atoms with Crippen LogP contribution in [0.15, 0.2) is 24.3 Å². The Labute approximate surface area is 149 Å². The van der Waals surface area contributed by atoms with E-state index in [1.54, 1.807) is 24.3 Å². The molecule has 1 heterocycles. The number of carbonyl (C=O) groups excluding carboxylic acids is 1. The van der Waals surface area contributed by atoms with Crippen LogP contribution in [0, 0.1) is 0 Å². The summed E-state index contributed by atoms with van der Waals surface area (Å²) in [6, 6.07) is 5.26. The van der Waals surface area contributed by atoms with Gasteiger partial charge >= 0.3 is 5.97 Å². The Morgan fingerprint density at radius 1 is 1.21 bits per heavy atom. The van der Waals surface area contributed by atoms with Gasteiger partial charge in [0, 0.05) is 22.2 Å². The zero-order valence-corrected chi connectivity index (χ0v) is 14.6. The topological polar surface area (TPSA) is 95.1 Å². The summed E-state index contributed by atoms with van der Waals surface area (Å²) < 4.78 is 0. The molecule has 1 amide bonds. The normalized spacial score (nSPS) is 12.2. The van der Waals surface area contributed by atoms with Crippen LogP contribution in [0.1, 0.15) is 41.5 Å². The number of aliphatic carboxylic acids is 1. The molecule has 8 heteroatoms. The fraction of sp³-hybridized carbons (Fsp3) is 0.312. The highest BCUT2D eigenvalue weighted by molar-refractivity contribution is 6.34. The number of aromatic amines is 1. The second-order valence-corrected chi connectivity index (χ2v) is 6.58. The third-order valence-electron chi connectivity index (χ3n) is 3.42. The fourth-order valence-corrected chi connectivity index (χ4v) is 2.72. The van der Waals surface area contributed by atoms with E-state index in [9.17, 15) is 14.7 Å². The molecule has 0 saturated heterocycles. The number of nitrogens with one attached hydrogen (secondary N) is 2. The van der Waals surface area contributed by atoms with Crippen molar-refractivity contribution in [1.29, 1.82) is 0 Å². The number of carboxylic acids is 1. The van der Waals surface area contributed by atoms with Gasteiger partial charge in [-0.1, -0.05) is 37.0 Å². The van der Waals surface area contributed by atoms with Crippen LogP contribution in [-0.4, -0.2) is 33.2 Å². The molecule has 1 aromatic carbocycles. The predicted octanol–water partition coefficient (Wildman–Crippen LogP) is 3.27. The first-order chi connectivity index (χ1) is 11.3. The first-order valence-corrected chi connectivity index (χ1v) is 8.05. The van der Waals surface area contributed by atoms with Crippen LogP contribution in [0.3, 0.4) is 0 Å². The molecule has 0 spiro atoms. The molecule has 1 aromatic heterocycles. The quantitative estimate of drug-likeness (QED) is 0.727. The summed E-state index contributed by atoms with van der Waals surface area (Å²) in [7, 11) is 0. The number of carboxylic acid groups (broad SMARTS) is 1. The Bertz CT molecular complexity index is 739. The third-order valence-corrected chi connectivity index (χ3v) is 3.85. The molecule has 3 N–H and O–H groups in total. The van der Waals surface area contributed by atoms with E-state index in [1.807, 2.05) is 13.8 Å². The molecule has 2 rings (SSSR count). The number of aromatic nitrogens is 2. The molecule has 128 valence electrons. The smallest absolute Gasteiger partial charge is 0.326 e. The van der Waals surface area contributed by atoms with Gasteiger partial charge in [-0.2, -0.15) is 5.10 Å². The summed E-state index contributed by atoms with van der Waals surface area (Å²) in [6.45, 7) is 3.91. The summed E-state index contributed by atoms with van der Waals surface area (Å²) >= 11 is 11.8. The Hall–Kier alpha value is -2.05. The second kappa shape index (κ2) is 7.68. The fourth-order valence-electron chi connectivity index (χ4n) is 2.15. The van der Waals surface area contributed by atoms with Crippen molar-refractivity contribution >= 4 is 35.1 Å². The van der Waals surface area contributed by atoms with Crippen LogP contribution in [0.5, 0.6) is 0 Å². The zero-order valence-electron chi connectivity index (χ0n) is 13.1. The van der Waals surface area contributed by atoms with Crippen LogP contribution in [0.4, 0.5) is 0 Å². The largest absolute Gasteiger partial charge is 0.480 e. The van der Waals surface area contributed by atoms with Crippen LogP contribution >= 0.6 is 23.2 Å². The van der Waals surface area contributed by atoms with Gasteiger partial charge in [-0.25, -0.2) is 4.79 Å². The molecule has 1 atom stereocenters. The SMILES string of the molecule is CC(C)c1cc(C(=O)NC(Cc2cc(Cl)cc(Cl)c2)C(=O)O)n[nH]1. The van der Waals surface area contributed by atoms with Crippen LogP contribution in [-0.2, 0) is 11.2 Å². The zero-order chi connectivity index (χ0) is 17.9. The molecule has 0 fully saturated rings. The number of halogens is 2. The Morgan fingerprint density at radius 3 is 2.33 bits per heavy atom. The molecular weight excluding hydrogens is 353 g/mol. The molecule has 0 bridgehead atoms. The number of carbonyl (C=O) groups is 2. The maximum absolute atomic E-state index is 12.2. The highest BCUT2D eigenvalue weighted by Gasteiger charge is 2.23. The monoisotopic (exact) mass is 369 g/mol. The van der Waals surface area contributed by atoms with E-state index in [2.05, 4.69) is 15.5 Å². The van der Waals surface area contributed by atoms with E-state index in [-0.39, 0.29) is 18.0 Å². The molecular formula is C16H17Cl2N3O3. The van der Waals surface area contributed by atoms with Gasteiger partial charge in [-0.3, -0.25) is 9.89 Å². The Balaban J connectivity index is 2.12. The minimum Gasteiger partial charge on any atom is -0.480 e. The van der Waals surface area contributed by atoms with E-state index in [0.717, 1.165) is 5.69 Å². The molecule has 0 saturated carbocycles. The lowest BCUT2D eigenvalue weighted by atomic mass is 10.1. The molecule has 0 aliphatic heterocycles. The summed E-state index contributed by atoms with van der Waals surface area (Å²) in [5, 5.41) is 19.3. The maximum Gasteiger partial charge on any atom is 0.326 e. The third kappa shape index (κ3) is 4.72. The van der Waals surface area contributed by atoms with Crippen LogP contribution in [0.25, 0.3) is 0 Å². The van der Waals surface area contributed by atoms with Gasteiger partial charge in [0.05, 0.1) is 0 Å². The van der Waals surface area contributed by atoms with Crippen molar-refractivity contribution in [2.75, 3.05) is 0 Å². The van der Waals surface area contributed by atoms with Crippen molar-refractivity contribution in [3.8, 4) is 0 Å². The van der Waals surface area contributed by atoms with Gasteiger partial charge in [0.1, 0.15) is 11.7 Å². The molecule has 24 heavy (non-hydrogen) atoms. The first kappa shape index (κ1) is 18.3. The molecule has 2 aromatic rings. The Kier molecular flexibility index (Phi) is 5.85. The summed E-state index contributed by atoms with van der Waals surface area (Å²) in [6.07, 6.45) is 0.0583. The number of H-pyrrole nitrogens is 1. The first-order valence-electron chi connectivity index (χ1n) is 7.30.